The van der Waals surface area contributed by atoms with Crippen molar-refractivity contribution in [3.63, 3.8) is 0 Å². The predicted molar refractivity (Wildman–Crippen MR) is 110 cm³/mol. The van der Waals surface area contributed by atoms with Crippen LogP contribution in [0.15, 0.2) is 54.6 Å². The zero-order valence-electron chi connectivity index (χ0n) is 16.6. The third-order valence-electron chi connectivity index (χ3n) is 6.08. The highest BCUT2D eigenvalue weighted by Gasteiger charge is 2.45. The van der Waals surface area contributed by atoms with Crippen LogP contribution in [0.4, 0.5) is 0 Å². The minimum Gasteiger partial charge on any atom is -0.457 e. The average Bonchev–Trinajstić information content (AvgIpc) is 2.85. The molecule has 148 valence electrons. The van der Waals surface area contributed by atoms with Gasteiger partial charge < -0.3 is 10.1 Å². The minimum absolute atomic E-state index is 0.213. The molecule has 2 heterocycles. The van der Waals surface area contributed by atoms with E-state index in [2.05, 4.69) is 34.3 Å². The van der Waals surface area contributed by atoms with E-state index in [1.807, 2.05) is 42.5 Å². The monoisotopic (exact) mass is 379 g/mol. The molecule has 0 atom stereocenters. The molecule has 1 spiro atoms. The Bertz CT molecular complexity index is 801. The summed E-state index contributed by atoms with van der Waals surface area (Å²) in [6.07, 6.45) is 2.80. The summed E-state index contributed by atoms with van der Waals surface area (Å²) in [5, 5.41) is 3.11. The number of carbonyl (C=O) groups excluding carboxylic acids is 1. The van der Waals surface area contributed by atoms with Crippen LogP contribution >= 0.6 is 0 Å². The third-order valence-corrected chi connectivity index (χ3v) is 6.08. The van der Waals surface area contributed by atoms with Gasteiger partial charge in [0.15, 0.2) is 0 Å². The number of benzene rings is 2. The van der Waals surface area contributed by atoms with Crippen molar-refractivity contribution in [3.8, 4) is 11.5 Å². The Morgan fingerprint density at radius 3 is 2.54 bits per heavy atom. The molecule has 1 amide bonds. The fourth-order valence-electron chi connectivity index (χ4n) is 4.35. The first kappa shape index (κ1) is 19.0. The number of nitrogens with one attached hydrogen (secondary N) is 1. The second-order valence-corrected chi connectivity index (χ2v) is 7.90. The second kappa shape index (κ2) is 8.33. The number of nitrogens with zero attached hydrogens (tertiary/aromatic N) is 2. The van der Waals surface area contributed by atoms with Crippen molar-refractivity contribution in [2.75, 3.05) is 33.2 Å². The van der Waals surface area contributed by atoms with Gasteiger partial charge >= 0.3 is 0 Å². The molecule has 4 rings (SSSR count). The molecule has 2 aliphatic heterocycles. The molecule has 2 aromatic rings. The Morgan fingerprint density at radius 2 is 1.75 bits per heavy atom. The highest BCUT2D eigenvalue weighted by atomic mass is 16.5. The van der Waals surface area contributed by atoms with E-state index in [4.69, 9.17) is 4.74 Å². The minimum atomic E-state index is -0.328. The molecule has 5 nitrogen and oxygen atoms in total. The van der Waals surface area contributed by atoms with Gasteiger partial charge in [-0.25, -0.2) is 0 Å². The van der Waals surface area contributed by atoms with E-state index in [0.29, 0.717) is 0 Å². The Labute approximate surface area is 167 Å². The van der Waals surface area contributed by atoms with Crippen molar-refractivity contribution in [1.29, 1.82) is 0 Å². The highest BCUT2D eigenvalue weighted by molar-refractivity contribution is 5.86. The number of hydrogen-bond donors (Lipinski definition) is 1. The molecule has 28 heavy (non-hydrogen) atoms. The summed E-state index contributed by atoms with van der Waals surface area (Å²) in [6, 6.07) is 18.2. The van der Waals surface area contributed by atoms with Gasteiger partial charge in [-0.05, 0) is 56.1 Å². The lowest BCUT2D eigenvalue weighted by molar-refractivity contribution is -0.134. The Morgan fingerprint density at radius 1 is 1.00 bits per heavy atom. The average molecular weight is 380 g/mol. The molecule has 0 aromatic heterocycles. The summed E-state index contributed by atoms with van der Waals surface area (Å²) in [4.78, 5) is 17.4. The van der Waals surface area contributed by atoms with Gasteiger partial charge in [0.1, 0.15) is 17.0 Å². The van der Waals surface area contributed by atoms with Gasteiger partial charge in [0, 0.05) is 32.7 Å². The van der Waals surface area contributed by atoms with Gasteiger partial charge in [0.05, 0.1) is 0 Å². The molecule has 2 aliphatic rings. The van der Waals surface area contributed by atoms with Crippen LogP contribution in [0.25, 0.3) is 0 Å². The maximum absolute atomic E-state index is 12.7. The van der Waals surface area contributed by atoms with Gasteiger partial charge in [0.25, 0.3) is 0 Å². The van der Waals surface area contributed by atoms with E-state index in [1.54, 1.807) is 0 Å². The van der Waals surface area contributed by atoms with Crippen molar-refractivity contribution >= 4 is 5.91 Å². The fraction of sp³-hybridized carbons (Fsp3) is 0.435. The maximum Gasteiger partial charge on any atom is 0.240 e. The van der Waals surface area contributed by atoms with E-state index in [-0.39, 0.29) is 11.4 Å². The molecule has 0 unspecified atom stereocenters. The number of ether oxygens (including phenoxy) is 1. The third kappa shape index (κ3) is 4.05. The quantitative estimate of drug-likeness (QED) is 0.886. The Kier molecular flexibility index (Phi) is 5.64. The first-order valence-electron chi connectivity index (χ1n) is 10.2. The number of likely N-dealkylation sites (N-methyl/N-ethyl adjacent to an activating group) is 1. The lowest BCUT2D eigenvalue weighted by Crippen LogP contribution is -2.60. The summed E-state index contributed by atoms with van der Waals surface area (Å²) >= 11 is 0. The fourth-order valence-corrected chi connectivity index (χ4v) is 4.35. The van der Waals surface area contributed by atoms with Crippen LogP contribution in [0.2, 0.25) is 0 Å². The number of piperidine rings is 1. The number of hydrogen-bond acceptors (Lipinski definition) is 4. The number of likely N-dealkylation sites (tertiary alicyclic amines) is 1. The SMILES string of the molecule is CN1CCCNC(=O)C12CCN(Cc1cccc(Oc3ccccc3)c1)CC2. The van der Waals surface area contributed by atoms with Gasteiger partial charge in [-0.15, -0.1) is 0 Å². The van der Waals surface area contributed by atoms with Crippen LogP contribution in [-0.4, -0.2) is 54.5 Å². The van der Waals surface area contributed by atoms with Crippen LogP contribution in [0.1, 0.15) is 24.8 Å². The second-order valence-electron chi connectivity index (χ2n) is 7.90. The summed E-state index contributed by atoms with van der Waals surface area (Å²) in [5.74, 6) is 1.92. The van der Waals surface area contributed by atoms with E-state index in [0.717, 1.165) is 63.5 Å². The van der Waals surface area contributed by atoms with Gasteiger partial charge in [-0.1, -0.05) is 30.3 Å². The topological polar surface area (TPSA) is 44.8 Å². The van der Waals surface area contributed by atoms with Gasteiger partial charge in [-0.2, -0.15) is 0 Å². The van der Waals surface area contributed by atoms with Crippen LogP contribution in [0, 0.1) is 0 Å². The summed E-state index contributed by atoms with van der Waals surface area (Å²) in [5.41, 5.74) is 0.911. The molecule has 0 bridgehead atoms. The molecular formula is C23H29N3O2. The van der Waals surface area contributed by atoms with E-state index in [1.165, 1.54) is 5.56 Å². The zero-order chi connectivity index (χ0) is 19.4. The van der Waals surface area contributed by atoms with Gasteiger partial charge in [-0.3, -0.25) is 14.6 Å². The zero-order valence-corrected chi connectivity index (χ0v) is 16.6. The standard InChI is InChI=1S/C23H29N3O2/c1-25-14-6-13-24-22(27)23(25)11-15-26(16-12-23)18-19-7-5-10-21(17-19)28-20-8-3-2-4-9-20/h2-5,7-10,17H,6,11-16,18H2,1H3,(H,24,27). The molecule has 0 aliphatic carbocycles. The number of amides is 1. The summed E-state index contributed by atoms with van der Waals surface area (Å²) in [7, 11) is 2.10. The number of para-hydroxylation sites is 1. The van der Waals surface area contributed by atoms with Crippen LogP contribution in [-0.2, 0) is 11.3 Å². The van der Waals surface area contributed by atoms with E-state index < -0.39 is 0 Å². The van der Waals surface area contributed by atoms with Crippen LogP contribution < -0.4 is 10.1 Å². The van der Waals surface area contributed by atoms with Gasteiger partial charge in [0.2, 0.25) is 5.91 Å². The predicted octanol–water partition coefficient (Wildman–Crippen LogP) is 3.27. The lowest BCUT2D eigenvalue weighted by atomic mass is 9.85. The van der Waals surface area contributed by atoms with Crippen molar-refractivity contribution < 1.29 is 9.53 Å². The highest BCUT2D eigenvalue weighted by Crippen LogP contribution is 2.31. The van der Waals surface area contributed by atoms with Crippen LogP contribution in [0.5, 0.6) is 11.5 Å². The maximum atomic E-state index is 12.7. The van der Waals surface area contributed by atoms with Crippen molar-refractivity contribution in [2.45, 2.75) is 31.3 Å². The molecule has 2 aromatic carbocycles. The molecule has 0 saturated carbocycles. The molecule has 0 radical (unpaired) electrons. The smallest absolute Gasteiger partial charge is 0.240 e. The van der Waals surface area contributed by atoms with Crippen LogP contribution in [0.3, 0.4) is 0 Å². The Hall–Kier alpha value is -2.37. The number of rotatable bonds is 4. The normalized spacial score (nSPS) is 20.5. The summed E-state index contributed by atoms with van der Waals surface area (Å²) in [6.45, 7) is 4.52. The first-order valence-corrected chi connectivity index (χ1v) is 10.2. The van der Waals surface area contributed by atoms with Crippen molar-refractivity contribution in [3.05, 3.63) is 60.2 Å². The largest absolute Gasteiger partial charge is 0.457 e. The number of carbonyl (C=O) groups is 1. The molecule has 2 fully saturated rings. The molecule has 5 heteroatoms. The first-order chi connectivity index (χ1) is 13.7. The van der Waals surface area contributed by atoms with Crippen molar-refractivity contribution in [1.82, 2.24) is 15.1 Å². The van der Waals surface area contributed by atoms with E-state index >= 15 is 0 Å². The molecule has 1 N–H and O–H groups in total. The lowest BCUT2D eigenvalue weighted by Gasteiger charge is -2.45. The summed E-state index contributed by atoms with van der Waals surface area (Å²) < 4.78 is 5.96. The molecular weight excluding hydrogens is 350 g/mol. The van der Waals surface area contributed by atoms with Crippen molar-refractivity contribution in [2.24, 2.45) is 0 Å². The molecule has 2 saturated heterocycles. The van der Waals surface area contributed by atoms with E-state index in [9.17, 15) is 4.79 Å². The Balaban J connectivity index is 1.38.